The van der Waals surface area contributed by atoms with E-state index in [-0.39, 0.29) is 5.69 Å². The highest BCUT2D eigenvalue weighted by Crippen LogP contribution is 2.35. The van der Waals surface area contributed by atoms with E-state index in [9.17, 15) is 18.0 Å². The third-order valence-electron chi connectivity index (χ3n) is 3.85. The Labute approximate surface area is 171 Å². The molecule has 0 aliphatic rings. The van der Waals surface area contributed by atoms with E-state index in [4.69, 9.17) is 11.6 Å². The summed E-state index contributed by atoms with van der Waals surface area (Å²) in [5, 5.41) is 9.73. The molecular weight excluding hydrogens is 463 g/mol. The van der Waals surface area contributed by atoms with E-state index in [2.05, 4.69) is 31.4 Å². The van der Waals surface area contributed by atoms with Crippen LogP contribution >= 0.6 is 27.5 Å². The van der Waals surface area contributed by atoms with E-state index in [1.807, 2.05) is 12.3 Å². The summed E-state index contributed by atoms with van der Waals surface area (Å²) in [5.74, 6) is -0.519. The fourth-order valence-electron chi connectivity index (χ4n) is 2.56. The van der Waals surface area contributed by atoms with Crippen molar-refractivity contribution in [3.8, 4) is 0 Å². The first-order valence-corrected chi connectivity index (χ1v) is 9.17. The quantitative estimate of drug-likeness (QED) is 0.589. The van der Waals surface area contributed by atoms with Gasteiger partial charge in [0.1, 0.15) is 6.54 Å². The summed E-state index contributed by atoms with van der Waals surface area (Å²) < 4.78 is 42.1. The normalized spacial score (nSPS) is 11.6. The number of aromatic nitrogens is 4. The molecule has 0 spiro atoms. The zero-order valence-electron chi connectivity index (χ0n) is 14.5. The Morgan fingerprint density at radius 3 is 2.71 bits per heavy atom. The third kappa shape index (κ3) is 4.74. The van der Waals surface area contributed by atoms with Crippen molar-refractivity contribution >= 4 is 39.1 Å². The van der Waals surface area contributed by atoms with Gasteiger partial charge >= 0.3 is 6.18 Å². The Kier molecular flexibility index (Phi) is 5.80. The molecule has 0 unspecified atom stereocenters. The number of alkyl halides is 3. The van der Waals surface area contributed by atoms with E-state index in [1.165, 1.54) is 6.92 Å². The minimum atomic E-state index is -4.68. The molecular formula is C17H14BrClF3N5O. The summed E-state index contributed by atoms with van der Waals surface area (Å²) in [6.07, 6.45) is -1.20. The van der Waals surface area contributed by atoms with Crippen LogP contribution in [0.2, 0.25) is 5.02 Å². The van der Waals surface area contributed by atoms with Gasteiger partial charge in [0.05, 0.1) is 27.9 Å². The molecule has 1 amide bonds. The second kappa shape index (κ2) is 7.96. The maximum atomic E-state index is 12.9. The number of nitrogens with zero attached hydrogens (tertiary/aromatic N) is 4. The molecule has 0 saturated heterocycles. The Morgan fingerprint density at radius 2 is 2.11 bits per heavy atom. The molecule has 0 aliphatic heterocycles. The molecule has 3 rings (SSSR count). The first kappa shape index (κ1) is 20.4. The van der Waals surface area contributed by atoms with E-state index in [1.54, 1.807) is 29.1 Å². The Hall–Kier alpha value is -2.33. The van der Waals surface area contributed by atoms with Crippen molar-refractivity contribution in [3.63, 3.8) is 0 Å². The zero-order chi connectivity index (χ0) is 20.5. The van der Waals surface area contributed by atoms with Crippen LogP contribution in [0.25, 0.3) is 0 Å². The minimum absolute atomic E-state index is 0.0714. The van der Waals surface area contributed by atoms with Gasteiger partial charge in [0.2, 0.25) is 5.91 Å². The van der Waals surface area contributed by atoms with Crippen molar-refractivity contribution in [2.75, 3.05) is 5.32 Å². The summed E-state index contributed by atoms with van der Waals surface area (Å²) in [7, 11) is 0. The number of carbonyl (C=O) groups excluding carboxylic acids is 1. The number of hydrogen-bond acceptors (Lipinski definition) is 3. The maximum absolute atomic E-state index is 12.9. The molecule has 0 atom stereocenters. The monoisotopic (exact) mass is 475 g/mol. The van der Waals surface area contributed by atoms with Gasteiger partial charge in [-0.3, -0.25) is 14.2 Å². The number of anilines is 1. The molecule has 0 radical (unpaired) electrons. The number of carbonyl (C=O) groups is 1. The number of halogens is 5. The maximum Gasteiger partial charge on any atom is 0.436 e. The van der Waals surface area contributed by atoms with Crippen LogP contribution in [0.5, 0.6) is 0 Å². The van der Waals surface area contributed by atoms with E-state index in [0.29, 0.717) is 12.2 Å². The van der Waals surface area contributed by atoms with E-state index in [0.717, 1.165) is 14.7 Å². The number of amides is 1. The number of hydrogen-bond donors (Lipinski definition) is 1. The highest BCUT2D eigenvalue weighted by molar-refractivity contribution is 9.10. The first-order chi connectivity index (χ1) is 13.1. The average molecular weight is 477 g/mol. The van der Waals surface area contributed by atoms with Crippen LogP contribution in [-0.2, 0) is 24.1 Å². The van der Waals surface area contributed by atoms with Crippen molar-refractivity contribution in [1.29, 1.82) is 0 Å². The summed E-state index contributed by atoms with van der Waals surface area (Å²) in [6, 6.07) is 7.08. The first-order valence-electron chi connectivity index (χ1n) is 8.00. The highest BCUT2D eigenvalue weighted by atomic mass is 79.9. The third-order valence-corrected chi connectivity index (χ3v) is 4.71. The SMILES string of the molecule is Cc1c(Cl)c(C(F)(F)F)nn1CC(=O)Nc1cccc(Cn2cc(Br)cn2)c1. The molecule has 0 saturated carbocycles. The van der Waals surface area contributed by atoms with Crippen LogP contribution < -0.4 is 5.32 Å². The summed E-state index contributed by atoms with van der Waals surface area (Å²) >= 11 is 9.02. The molecule has 2 heterocycles. The van der Waals surface area contributed by atoms with Crippen LogP contribution in [0.4, 0.5) is 18.9 Å². The van der Waals surface area contributed by atoms with Gasteiger partial charge in [-0.05, 0) is 40.5 Å². The fourth-order valence-corrected chi connectivity index (χ4v) is 3.13. The molecule has 28 heavy (non-hydrogen) atoms. The average Bonchev–Trinajstić information content (AvgIpc) is 3.12. The van der Waals surface area contributed by atoms with Crippen molar-refractivity contribution < 1.29 is 18.0 Å². The van der Waals surface area contributed by atoms with Crippen molar-refractivity contribution in [2.45, 2.75) is 26.2 Å². The molecule has 11 heteroatoms. The molecule has 1 aromatic carbocycles. The predicted molar refractivity (Wildman–Crippen MR) is 101 cm³/mol. The molecule has 148 valence electrons. The van der Waals surface area contributed by atoms with Gasteiger partial charge in [0, 0.05) is 11.9 Å². The Bertz CT molecular complexity index is 1010. The van der Waals surface area contributed by atoms with Crippen molar-refractivity contribution in [1.82, 2.24) is 19.6 Å². The second-order valence-corrected chi connectivity index (χ2v) is 7.30. The fraction of sp³-hybridized carbons (Fsp3) is 0.235. The Morgan fingerprint density at radius 1 is 1.36 bits per heavy atom. The standard InChI is InChI=1S/C17H14BrClF3N5O/c1-10-15(19)16(17(20,21)22)25-27(10)9-14(28)24-13-4-2-3-11(5-13)7-26-8-12(18)6-23-26/h2-6,8H,7,9H2,1H3,(H,24,28). The topological polar surface area (TPSA) is 64.7 Å². The summed E-state index contributed by atoms with van der Waals surface area (Å²) in [6.45, 7) is 1.48. The van der Waals surface area contributed by atoms with Gasteiger partial charge in [-0.2, -0.15) is 23.4 Å². The lowest BCUT2D eigenvalue weighted by molar-refractivity contribution is -0.141. The molecule has 0 aliphatic carbocycles. The molecule has 3 aromatic rings. The van der Waals surface area contributed by atoms with Gasteiger partial charge < -0.3 is 5.32 Å². The molecule has 0 fully saturated rings. The Balaban J connectivity index is 1.69. The second-order valence-electron chi connectivity index (χ2n) is 6.01. The molecule has 1 N–H and O–H groups in total. The smallest absolute Gasteiger partial charge is 0.324 e. The number of benzene rings is 1. The van der Waals surface area contributed by atoms with Crippen LogP contribution in [0.1, 0.15) is 17.0 Å². The summed E-state index contributed by atoms with van der Waals surface area (Å²) in [4.78, 5) is 12.3. The zero-order valence-corrected chi connectivity index (χ0v) is 16.8. The largest absolute Gasteiger partial charge is 0.436 e. The van der Waals surface area contributed by atoms with Crippen LogP contribution in [0.3, 0.4) is 0 Å². The predicted octanol–water partition coefficient (Wildman–Crippen LogP) is 4.51. The van der Waals surface area contributed by atoms with Gasteiger partial charge in [-0.25, -0.2) is 0 Å². The summed E-state index contributed by atoms with van der Waals surface area (Å²) in [5.41, 5.74) is 0.278. The van der Waals surface area contributed by atoms with Crippen molar-refractivity contribution in [2.24, 2.45) is 0 Å². The van der Waals surface area contributed by atoms with Crippen LogP contribution in [0.15, 0.2) is 41.1 Å². The van der Waals surface area contributed by atoms with Gasteiger partial charge in [-0.15, -0.1) is 0 Å². The number of rotatable bonds is 5. The van der Waals surface area contributed by atoms with Gasteiger partial charge in [0.15, 0.2) is 5.69 Å². The van der Waals surface area contributed by atoms with E-state index < -0.39 is 29.3 Å². The lowest BCUT2D eigenvalue weighted by Gasteiger charge is -2.09. The van der Waals surface area contributed by atoms with Gasteiger partial charge in [-0.1, -0.05) is 23.7 Å². The van der Waals surface area contributed by atoms with E-state index >= 15 is 0 Å². The van der Waals surface area contributed by atoms with Crippen LogP contribution in [0, 0.1) is 6.92 Å². The molecule has 2 aromatic heterocycles. The molecule has 6 nitrogen and oxygen atoms in total. The lowest BCUT2D eigenvalue weighted by atomic mass is 10.2. The van der Waals surface area contributed by atoms with Crippen molar-refractivity contribution in [3.05, 3.63) is 63.1 Å². The highest BCUT2D eigenvalue weighted by Gasteiger charge is 2.38. The lowest BCUT2D eigenvalue weighted by Crippen LogP contribution is -2.21. The number of nitrogens with one attached hydrogen (secondary N) is 1. The van der Waals surface area contributed by atoms with Gasteiger partial charge in [0.25, 0.3) is 0 Å². The minimum Gasteiger partial charge on any atom is -0.324 e. The van der Waals surface area contributed by atoms with Crippen LogP contribution in [-0.4, -0.2) is 25.5 Å². The molecule has 0 bridgehead atoms.